The summed E-state index contributed by atoms with van der Waals surface area (Å²) in [6.07, 6.45) is 3.94. The zero-order chi connectivity index (χ0) is 17.8. The van der Waals surface area contributed by atoms with Crippen molar-refractivity contribution in [1.29, 1.82) is 0 Å². The first-order valence-corrected chi connectivity index (χ1v) is 7.76. The summed E-state index contributed by atoms with van der Waals surface area (Å²) in [5, 5.41) is 3.04. The predicted molar refractivity (Wildman–Crippen MR) is 94.5 cm³/mol. The topological polar surface area (TPSA) is 59.3 Å². The maximum absolute atomic E-state index is 13.5. The van der Waals surface area contributed by atoms with Crippen molar-refractivity contribution in [2.45, 2.75) is 13.5 Å². The van der Waals surface area contributed by atoms with Crippen molar-refractivity contribution in [1.82, 2.24) is 5.32 Å². The molecule has 5 heteroatoms. The number of halogens is 1. The number of benzene rings is 2. The molecule has 1 amide bonds. The third-order valence-corrected chi connectivity index (χ3v) is 3.78. The van der Waals surface area contributed by atoms with E-state index in [-0.39, 0.29) is 23.4 Å². The van der Waals surface area contributed by atoms with E-state index in [9.17, 15) is 14.0 Å². The largest absolute Gasteiger partial charge is 0.463 e. The smallest absolute Gasteiger partial charge is 0.244 e. The van der Waals surface area contributed by atoms with E-state index in [4.69, 9.17) is 4.42 Å². The molecule has 4 nitrogen and oxygen atoms in total. The number of nitrogens with one attached hydrogen (secondary N) is 1. The number of rotatable bonds is 4. The molecule has 2 aromatic carbocycles. The maximum Gasteiger partial charge on any atom is 0.244 e. The van der Waals surface area contributed by atoms with Crippen LogP contribution in [-0.4, -0.2) is 5.91 Å². The van der Waals surface area contributed by atoms with Gasteiger partial charge in [-0.2, -0.15) is 0 Å². The van der Waals surface area contributed by atoms with E-state index < -0.39 is 5.91 Å². The van der Waals surface area contributed by atoms with E-state index in [2.05, 4.69) is 5.32 Å². The number of fused-ring (bicyclic) bond motifs is 1. The average Bonchev–Trinajstić information content (AvgIpc) is 2.61. The number of aryl methyl sites for hydroxylation is 1. The second kappa shape index (κ2) is 7.13. The zero-order valence-electron chi connectivity index (χ0n) is 13.6. The van der Waals surface area contributed by atoms with Crippen LogP contribution in [0.4, 0.5) is 4.39 Å². The molecular weight excluding hydrogens is 321 g/mol. The third-order valence-electron chi connectivity index (χ3n) is 3.78. The van der Waals surface area contributed by atoms with Gasteiger partial charge < -0.3 is 9.73 Å². The SMILES string of the molecule is Cc1ccc2occ(/C=C/C(=O)NCc3ccccc3F)c(=O)c2c1. The Balaban J connectivity index is 1.74. The Morgan fingerprint density at radius 2 is 2.04 bits per heavy atom. The molecule has 0 aliphatic rings. The highest BCUT2D eigenvalue weighted by Crippen LogP contribution is 2.13. The van der Waals surface area contributed by atoms with Gasteiger partial charge in [0.1, 0.15) is 17.7 Å². The maximum atomic E-state index is 13.5. The molecule has 0 saturated heterocycles. The van der Waals surface area contributed by atoms with Crippen LogP contribution in [0.25, 0.3) is 17.0 Å². The lowest BCUT2D eigenvalue weighted by Crippen LogP contribution is -2.21. The lowest BCUT2D eigenvalue weighted by molar-refractivity contribution is -0.116. The monoisotopic (exact) mass is 337 g/mol. The second-order valence-electron chi connectivity index (χ2n) is 5.66. The molecule has 0 aliphatic carbocycles. The van der Waals surface area contributed by atoms with Crippen molar-refractivity contribution in [2.75, 3.05) is 0 Å². The van der Waals surface area contributed by atoms with Gasteiger partial charge in [0.25, 0.3) is 0 Å². The first-order valence-electron chi connectivity index (χ1n) is 7.76. The van der Waals surface area contributed by atoms with Gasteiger partial charge in [-0.25, -0.2) is 4.39 Å². The molecule has 0 unspecified atom stereocenters. The number of hydrogen-bond donors (Lipinski definition) is 1. The molecule has 1 aromatic heterocycles. The van der Waals surface area contributed by atoms with Gasteiger partial charge in [0.2, 0.25) is 5.91 Å². The minimum absolute atomic E-state index is 0.0708. The van der Waals surface area contributed by atoms with E-state index in [1.54, 1.807) is 30.3 Å². The van der Waals surface area contributed by atoms with Gasteiger partial charge in [-0.05, 0) is 31.2 Å². The fourth-order valence-corrected chi connectivity index (χ4v) is 2.42. The molecule has 0 radical (unpaired) electrons. The van der Waals surface area contributed by atoms with E-state index in [0.29, 0.717) is 16.5 Å². The predicted octanol–water partition coefficient (Wildman–Crippen LogP) is 3.57. The van der Waals surface area contributed by atoms with Gasteiger partial charge in [-0.3, -0.25) is 9.59 Å². The van der Waals surface area contributed by atoms with Crippen LogP contribution in [0, 0.1) is 12.7 Å². The molecule has 126 valence electrons. The van der Waals surface area contributed by atoms with Gasteiger partial charge in [0.15, 0.2) is 5.43 Å². The molecule has 3 rings (SSSR count). The van der Waals surface area contributed by atoms with Gasteiger partial charge in [-0.1, -0.05) is 29.8 Å². The van der Waals surface area contributed by atoms with Crippen molar-refractivity contribution < 1.29 is 13.6 Å². The van der Waals surface area contributed by atoms with E-state index in [1.165, 1.54) is 24.5 Å². The Labute approximate surface area is 143 Å². The minimum atomic E-state index is -0.424. The number of carbonyl (C=O) groups is 1. The molecule has 0 spiro atoms. The fraction of sp³-hybridized carbons (Fsp3) is 0.100. The van der Waals surface area contributed by atoms with Gasteiger partial charge in [0, 0.05) is 18.2 Å². The number of carbonyl (C=O) groups excluding carboxylic acids is 1. The summed E-state index contributed by atoms with van der Waals surface area (Å²) >= 11 is 0. The Hall–Kier alpha value is -3.21. The third kappa shape index (κ3) is 3.83. The van der Waals surface area contributed by atoms with Crippen LogP contribution in [0.15, 0.2) is 64.0 Å². The molecule has 0 bridgehead atoms. The Bertz CT molecular complexity index is 1020. The summed E-state index contributed by atoms with van der Waals surface area (Å²) in [5.41, 5.74) is 1.91. The highest BCUT2D eigenvalue weighted by molar-refractivity contribution is 5.92. The van der Waals surface area contributed by atoms with Crippen LogP contribution in [0.5, 0.6) is 0 Å². The normalized spacial score (nSPS) is 11.1. The first kappa shape index (κ1) is 16.6. The molecule has 0 aliphatic heterocycles. The molecule has 25 heavy (non-hydrogen) atoms. The number of hydrogen-bond acceptors (Lipinski definition) is 3. The summed E-state index contributed by atoms with van der Waals surface area (Å²) < 4.78 is 18.9. The summed E-state index contributed by atoms with van der Waals surface area (Å²) in [6.45, 7) is 1.96. The lowest BCUT2D eigenvalue weighted by atomic mass is 10.1. The van der Waals surface area contributed by atoms with Crippen LogP contribution in [0.1, 0.15) is 16.7 Å². The Morgan fingerprint density at radius 3 is 2.84 bits per heavy atom. The van der Waals surface area contributed by atoms with Gasteiger partial charge >= 0.3 is 0 Å². The van der Waals surface area contributed by atoms with Crippen LogP contribution in [0.3, 0.4) is 0 Å². The van der Waals surface area contributed by atoms with Crippen molar-refractivity contribution in [3.63, 3.8) is 0 Å². The quantitative estimate of drug-likeness (QED) is 0.741. The number of amides is 1. The van der Waals surface area contributed by atoms with E-state index >= 15 is 0 Å². The Morgan fingerprint density at radius 1 is 1.24 bits per heavy atom. The summed E-state index contributed by atoms with van der Waals surface area (Å²) in [5.74, 6) is -0.802. The molecule has 1 N–H and O–H groups in total. The molecule has 0 saturated carbocycles. The highest BCUT2D eigenvalue weighted by Gasteiger charge is 2.06. The summed E-state index contributed by atoms with van der Waals surface area (Å²) in [4.78, 5) is 24.3. The molecular formula is C20H16FNO3. The van der Waals surface area contributed by atoms with Crippen molar-refractivity contribution in [2.24, 2.45) is 0 Å². The lowest BCUT2D eigenvalue weighted by Gasteiger charge is -2.03. The fourth-order valence-electron chi connectivity index (χ4n) is 2.42. The summed E-state index contributed by atoms with van der Waals surface area (Å²) in [6, 6.07) is 11.6. The molecule has 3 aromatic rings. The molecule has 1 heterocycles. The van der Waals surface area contributed by atoms with Crippen molar-refractivity contribution >= 4 is 23.0 Å². The van der Waals surface area contributed by atoms with Crippen LogP contribution < -0.4 is 10.7 Å². The van der Waals surface area contributed by atoms with Gasteiger partial charge in [0.05, 0.1) is 10.9 Å². The Kier molecular flexibility index (Phi) is 4.75. The highest BCUT2D eigenvalue weighted by atomic mass is 19.1. The van der Waals surface area contributed by atoms with Crippen LogP contribution >= 0.6 is 0 Å². The van der Waals surface area contributed by atoms with Crippen molar-refractivity contribution in [3.05, 3.63) is 87.5 Å². The molecule has 0 atom stereocenters. The molecule has 0 fully saturated rings. The first-order chi connectivity index (χ1) is 12.0. The second-order valence-corrected chi connectivity index (χ2v) is 5.66. The van der Waals surface area contributed by atoms with Crippen LogP contribution in [-0.2, 0) is 11.3 Å². The van der Waals surface area contributed by atoms with E-state index in [0.717, 1.165) is 5.56 Å². The van der Waals surface area contributed by atoms with Gasteiger partial charge in [-0.15, -0.1) is 0 Å². The minimum Gasteiger partial charge on any atom is -0.463 e. The van der Waals surface area contributed by atoms with E-state index in [1.807, 2.05) is 13.0 Å². The van der Waals surface area contributed by atoms with Crippen molar-refractivity contribution in [3.8, 4) is 0 Å². The summed E-state index contributed by atoms with van der Waals surface area (Å²) in [7, 11) is 0. The zero-order valence-corrected chi connectivity index (χ0v) is 13.6. The average molecular weight is 337 g/mol. The van der Waals surface area contributed by atoms with Crippen LogP contribution in [0.2, 0.25) is 0 Å². The standard InChI is InChI=1S/C20H16FNO3/c1-13-6-8-18-16(10-13)20(24)15(12-25-18)7-9-19(23)22-11-14-4-2-3-5-17(14)21/h2-10,12H,11H2,1H3,(H,22,23)/b9-7+.